The minimum Gasteiger partial charge on any atom is -0.495 e. The van der Waals surface area contributed by atoms with E-state index in [1.165, 1.54) is 18.4 Å². The Hall–Kier alpha value is -2.14. The van der Waals surface area contributed by atoms with Gasteiger partial charge >= 0.3 is 0 Å². The van der Waals surface area contributed by atoms with Gasteiger partial charge in [-0.05, 0) is 62.5 Å². The lowest BCUT2D eigenvalue weighted by Crippen LogP contribution is -2.26. The first-order valence-electron chi connectivity index (χ1n) is 8.92. The van der Waals surface area contributed by atoms with Gasteiger partial charge in [0, 0.05) is 5.92 Å². The van der Waals surface area contributed by atoms with Crippen molar-refractivity contribution in [3.63, 3.8) is 0 Å². The molecule has 0 saturated carbocycles. The Morgan fingerprint density at radius 1 is 1.35 bits per heavy atom. The predicted molar refractivity (Wildman–Crippen MR) is 115 cm³/mol. The zero-order valence-electron chi connectivity index (χ0n) is 16.3. The van der Waals surface area contributed by atoms with Crippen molar-refractivity contribution in [1.29, 1.82) is 0 Å². The first-order valence-corrected chi connectivity index (χ1v) is 9.33. The van der Waals surface area contributed by atoms with Gasteiger partial charge in [-0.1, -0.05) is 43.7 Å². The molecule has 4 nitrogen and oxygen atoms in total. The summed E-state index contributed by atoms with van der Waals surface area (Å²) in [6, 6.07) is 7.62. The lowest BCUT2D eigenvalue weighted by atomic mass is 9.68. The van der Waals surface area contributed by atoms with Crippen LogP contribution in [0.1, 0.15) is 40.5 Å². The normalized spacial score (nSPS) is 19.8. The van der Waals surface area contributed by atoms with E-state index in [2.05, 4.69) is 54.8 Å². The Morgan fingerprint density at radius 2 is 2.08 bits per heavy atom. The molecule has 0 spiro atoms. The number of allylic oxidation sites excluding steroid dienone is 4. The lowest BCUT2D eigenvalue weighted by molar-refractivity contribution is 0.255. The number of hydrogen-bond donors (Lipinski definition) is 2. The monoisotopic (exact) mass is 371 g/mol. The van der Waals surface area contributed by atoms with Gasteiger partial charge in [0.2, 0.25) is 0 Å². The van der Waals surface area contributed by atoms with Crippen LogP contribution in [0.2, 0.25) is 0 Å². The average Bonchev–Trinajstić information content (AvgIpc) is 2.59. The summed E-state index contributed by atoms with van der Waals surface area (Å²) in [5, 5.41) is 7.87. The Labute approximate surface area is 162 Å². The molecule has 1 aliphatic carbocycles. The second-order valence-corrected chi connectivity index (χ2v) is 7.74. The highest BCUT2D eigenvalue weighted by molar-refractivity contribution is 7.80. The van der Waals surface area contributed by atoms with Gasteiger partial charge in [-0.3, -0.25) is 5.43 Å². The third kappa shape index (κ3) is 5.43. The molecule has 0 radical (unpaired) electrons. The quantitative estimate of drug-likeness (QED) is 0.319. The summed E-state index contributed by atoms with van der Waals surface area (Å²) in [6.45, 7) is 8.84. The first-order chi connectivity index (χ1) is 12.3. The van der Waals surface area contributed by atoms with E-state index in [1.807, 2.05) is 31.2 Å². The first kappa shape index (κ1) is 20.2. The highest BCUT2D eigenvalue weighted by Crippen LogP contribution is 2.41. The zero-order valence-corrected chi connectivity index (χ0v) is 17.1. The summed E-state index contributed by atoms with van der Waals surface area (Å²) in [5.41, 5.74) is 6.29. The van der Waals surface area contributed by atoms with E-state index in [1.54, 1.807) is 7.11 Å². The fourth-order valence-corrected chi connectivity index (χ4v) is 3.45. The van der Waals surface area contributed by atoms with E-state index in [0.29, 0.717) is 11.0 Å². The maximum absolute atomic E-state index is 5.31. The number of hydrogen-bond acceptors (Lipinski definition) is 3. The average molecular weight is 372 g/mol. The summed E-state index contributed by atoms with van der Waals surface area (Å²) in [4.78, 5) is 0. The van der Waals surface area contributed by atoms with E-state index in [0.717, 1.165) is 17.1 Å². The molecule has 5 heteroatoms. The number of rotatable bonds is 5. The molecular weight excluding hydrogens is 342 g/mol. The van der Waals surface area contributed by atoms with Gasteiger partial charge in [0.1, 0.15) is 5.75 Å². The molecular formula is C21H29N3OS. The van der Waals surface area contributed by atoms with Gasteiger partial charge in [-0.2, -0.15) is 5.10 Å². The second kappa shape index (κ2) is 8.99. The number of hydrazone groups is 1. The third-order valence-electron chi connectivity index (χ3n) is 4.81. The molecule has 0 aromatic heterocycles. The van der Waals surface area contributed by atoms with Crippen molar-refractivity contribution in [2.45, 2.75) is 40.5 Å². The van der Waals surface area contributed by atoms with E-state index in [4.69, 9.17) is 17.0 Å². The van der Waals surface area contributed by atoms with Gasteiger partial charge in [-0.15, -0.1) is 0 Å². The van der Waals surface area contributed by atoms with Crippen LogP contribution in [0.5, 0.6) is 5.75 Å². The maximum atomic E-state index is 5.31. The fourth-order valence-electron chi connectivity index (χ4n) is 3.29. The summed E-state index contributed by atoms with van der Waals surface area (Å²) >= 11 is 5.31. The standard InChI is InChI=1S/C21H29N3OS/c1-15-9-8-14-21(3,4)17(15)13-12-16(2)23-24-20(26)22-18-10-6-7-11-19(18)25-5/h6-7,9-13,17H,8,14H2,1-5H3,(H2,22,24,26)/b13-12+,23-16-/t17-/m0/s1. The molecule has 140 valence electrons. The molecule has 0 amide bonds. The second-order valence-electron chi connectivity index (χ2n) is 7.33. The van der Waals surface area contributed by atoms with Crippen molar-refractivity contribution < 1.29 is 4.74 Å². The molecule has 0 saturated heterocycles. The fraction of sp³-hybridized carbons (Fsp3) is 0.429. The van der Waals surface area contributed by atoms with E-state index in [-0.39, 0.29) is 5.41 Å². The summed E-state index contributed by atoms with van der Waals surface area (Å²) in [6.07, 6.45) is 9.04. The van der Waals surface area contributed by atoms with Crippen molar-refractivity contribution in [2.24, 2.45) is 16.4 Å². The molecule has 0 heterocycles. The number of nitrogens with one attached hydrogen (secondary N) is 2. The molecule has 0 bridgehead atoms. The molecule has 2 rings (SSSR count). The minimum absolute atomic E-state index is 0.282. The van der Waals surface area contributed by atoms with Gasteiger partial charge < -0.3 is 10.1 Å². The molecule has 0 unspecified atom stereocenters. The number of thiocarbonyl (C=S) groups is 1. The number of methoxy groups -OCH3 is 1. The van der Waals surface area contributed by atoms with Crippen molar-refractivity contribution >= 4 is 28.7 Å². The van der Waals surface area contributed by atoms with Gasteiger partial charge in [0.05, 0.1) is 18.5 Å². The largest absolute Gasteiger partial charge is 0.495 e. The Morgan fingerprint density at radius 3 is 2.77 bits per heavy atom. The number of ether oxygens (including phenoxy) is 1. The van der Waals surface area contributed by atoms with Crippen LogP contribution in [0.3, 0.4) is 0 Å². The molecule has 0 aliphatic heterocycles. The third-order valence-corrected chi connectivity index (χ3v) is 5.00. The minimum atomic E-state index is 0.282. The van der Waals surface area contributed by atoms with Crippen molar-refractivity contribution in [3.05, 3.63) is 48.1 Å². The summed E-state index contributed by atoms with van der Waals surface area (Å²) in [7, 11) is 1.63. The lowest BCUT2D eigenvalue weighted by Gasteiger charge is -2.36. The number of anilines is 1. The molecule has 26 heavy (non-hydrogen) atoms. The van der Waals surface area contributed by atoms with Gasteiger partial charge in [-0.25, -0.2) is 0 Å². The van der Waals surface area contributed by atoms with Crippen molar-refractivity contribution in [3.8, 4) is 5.75 Å². The Balaban J connectivity index is 1.96. The van der Waals surface area contributed by atoms with Crippen LogP contribution >= 0.6 is 12.2 Å². The summed E-state index contributed by atoms with van der Waals surface area (Å²) < 4.78 is 5.30. The van der Waals surface area contributed by atoms with E-state index < -0.39 is 0 Å². The highest BCUT2D eigenvalue weighted by Gasteiger charge is 2.30. The number of benzene rings is 1. The van der Waals surface area contributed by atoms with Gasteiger partial charge in [0.25, 0.3) is 0 Å². The van der Waals surface area contributed by atoms with Crippen LogP contribution in [0.4, 0.5) is 5.69 Å². The summed E-state index contributed by atoms with van der Waals surface area (Å²) in [5.74, 6) is 1.18. The molecule has 1 aromatic carbocycles. The topological polar surface area (TPSA) is 45.6 Å². The van der Waals surface area contributed by atoms with E-state index >= 15 is 0 Å². The van der Waals surface area contributed by atoms with Crippen LogP contribution in [-0.2, 0) is 0 Å². The SMILES string of the molecule is COc1ccccc1NC(=S)N/N=C(C)\C=C\[C@H]1C(C)=CCCC1(C)C. The maximum Gasteiger partial charge on any atom is 0.191 e. The zero-order chi connectivity index (χ0) is 19.2. The van der Waals surface area contributed by atoms with Crippen LogP contribution in [-0.4, -0.2) is 17.9 Å². The molecule has 1 aliphatic rings. The number of para-hydroxylation sites is 2. The van der Waals surface area contributed by atoms with E-state index in [9.17, 15) is 0 Å². The Kier molecular flexibility index (Phi) is 6.98. The molecule has 1 aromatic rings. The molecule has 1 atom stereocenters. The smallest absolute Gasteiger partial charge is 0.191 e. The van der Waals surface area contributed by atoms with Crippen molar-refractivity contribution in [1.82, 2.24) is 5.43 Å². The van der Waals surface area contributed by atoms with Crippen LogP contribution < -0.4 is 15.5 Å². The van der Waals surface area contributed by atoms with Gasteiger partial charge in [0.15, 0.2) is 5.11 Å². The number of nitrogens with zero attached hydrogens (tertiary/aromatic N) is 1. The predicted octanol–water partition coefficient (Wildman–Crippen LogP) is 5.30. The van der Waals surface area contributed by atoms with Crippen LogP contribution in [0.15, 0.2) is 53.2 Å². The molecule has 0 fully saturated rings. The Bertz CT molecular complexity index is 735. The molecule has 2 N–H and O–H groups in total. The van der Waals surface area contributed by atoms with Crippen LogP contribution in [0, 0.1) is 11.3 Å². The highest BCUT2D eigenvalue weighted by atomic mass is 32.1. The van der Waals surface area contributed by atoms with Crippen LogP contribution in [0.25, 0.3) is 0 Å². The van der Waals surface area contributed by atoms with Crippen molar-refractivity contribution in [2.75, 3.05) is 12.4 Å².